The van der Waals surface area contributed by atoms with Crippen molar-refractivity contribution in [2.45, 2.75) is 11.8 Å². The molecule has 0 fully saturated rings. The van der Waals surface area contributed by atoms with Crippen LogP contribution in [-0.4, -0.2) is 18.6 Å². The number of rotatable bonds is 3. The number of nitrogens with zero attached hydrogens (tertiary/aromatic N) is 1. The van der Waals surface area contributed by atoms with Gasteiger partial charge in [-0.15, -0.1) is 11.3 Å². The highest BCUT2D eigenvalue weighted by Crippen LogP contribution is 2.30. The zero-order valence-electron chi connectivity index (χ0n) is 8.19. The Hall–Kier alpha value is -0.860. The van der Waals surface area contributed by atoms with E-state index >= 15 is 0 Å². The van der Waals surface area contributed by atoms with Crippen LogP contribution in [-0.2, 0) is 10.0 Å². The summed E-state index contributed by atoms with van der Waals surface area (Å²) in [5.41, 5.74) is 0. The molecule has 8 heteroatoms. The molecule has 0 radical (unpaired) electrons. The molecule has 5 nitrogen and oxygen atoms in total. The van der Waals surface area contributed by atoms with Crippen LogP contribution in [0.15, 0.2) is 27.0 Å². The minimum Gasteiger partial charge on any atom is -0.264 e. The molecule has 0 aliphatic carbocycles. The highest BCUT2D eigenvalue weighted by Gasteiger charge is 2.19. The van der Waals surface area contributed by atoms with Gasteiger partial charge in [-0.1, -0.05) is 0 Å². The number of aromatic amines is 1. The third kappa shape index (κ3) is 2.28. The van der Waals surface area contributed by atoms with Crippen LogP contribution in [0.1, 0.15) is 4.88 Å². The number of H-pyrrole nitrogens is 1. The molecule has 0 atom stereocenters. The first-order valence-corrected chi connectivity index (χ1v) is 7.36. The minimum atomic E-state index is -3.53. The number of thiophene rings is 1. The summed E-state index contributed by atoms with van der Waals surface area (Å²) in [5, 5.41) is 6.21. The summed E-state index contributed by atoms with van der Waals surface area (Å²) in [4.78, 5) is 1.01. The molecule has 2 aromatic heterocycles. The first-order valence-electron chi connectivity index (χ1n) is 4.27. The van der Waals surface area contributed by atoms with Gasteiger partial charge in [-0.2, -0.15) is 5.10 Å². The number of halogens is 1. The van der Waals surface area contributed by atoms with E-state index in [1.807, 2.05) is 0 Å². The molecule has 0 aliphatic heterocycles. The average Bonchev–Trinajstić information content (AvgIpc) is 2.75. The van der Waals surface area contributed by atoms with Crippen molar-refractivity contribution in [3.63, 3.8) is 0 Å². The van der Waals surface area contributed by atoms with Gasteiger partial charge in [0.15, 0.2) is 0 Å². The monoisotopic (exact) mass is 321 g/mol. The van der Waals surface area contributed by atoms with Gasteiger partial charge in [0.2, 0.25) is 0 Å². The second-order valence-electron chi connectivity index (χ2n) is 3.05. The summed E-state index contributed by atoms with van der Waals surface area (Å²) in [7, 11) is -3.53. The summed E-state index contributed by atoms with van der Waals surface area (Å²) in [6, 6.07) is 3.13. The lowest BCUT2D eigenvalue weighted by Gasteiger charge is -2.04. The van der Waals surface area contributed by atoms with Gasteiger partial charge in [0.25, 0.3) is 10.0 Å². The van der Waals surface area contributed by atoms with E-state index in [1.54, 1.807) is 19.1 Å². The van der Waals surface area contributed by atoms with E-state index in [9.17, 15) is 8.42 Å². The van der Waals surface area contributed by atoms with Gasteiger partial charge in [-0.25, -0.2) is 8.42 Å². The highest BCUT2D eigenvalue weighted by atomic mass is 79.9. The predicted molar refractivity (Wildman–Crippen MR) is 66.2 cm³/mol. The summed E-state index contributed by atoms with van der Waals surface area (Å²) in [6.07, 6.45) is 1.48. The number of aryl methyl sites for hydroxylation is 1. The molecule has 2 heterocycles. The smallest absolute Gasteiger partial charge is 0.264 e. The Morgan fingerprint density at radius 3 is 2.81 bits per heavy atom. The van der Waals surface area contributed by atoms with Crippen LogP contribution >= 0.6 is 27.3 Å². The summed E-state index contributed by atoms with van der Waals surface area (Å²) < 4.78 is 27.1. The molecule has 0 amide bonds. The maximum Gasteiger partial charge on any atom is 0.264 e. The molecule has 0 spiro atoms. The third-order valence-corrected chi connectivity index (χ3v) is 5.05. The molecule has 2 aromatic rings. The van der Waals surface area contributed by atoms with Crippen molar-refractivity contribution in [2.24, 2.45) is 0 Å². The number of sulfonamides is 1. The van der Waals surface area contributed by atoms with Gasteiger partial charge in [0.05, 0.1) is 9.98 Å². The first-order chi connectivity index (χ1) is 7.49. The number of nitrogens with one attached hydrogen (secondary N) is 2. The Balaban J connectivity index is 2.36. The van der Waals surface area contributed by atoms with Crippen LogP contribution in [0.5, 0.6) is 0 Å². The van der Waals surface area contributed by atoms with Crippen molar-refractivity contribution in [1.29, 1.82) is 0 Å². The van der Waals surface area contributed by atoms with E-state index in [2.05, 4.69) is 30.8 Å². The fraction of sp³-hybridized carbons (Fsp3) is 0.125. The fourth-order valence-electron chi connectivity index (χ4n) is 1.21. The topological polar surface area (TPSA) is 74.8 Å². The van der Waals surface area contributed by atoms with Gasteiger partial charge in [-0.3, -0.25) is 9.82 Å². The Morgan fingerprint density at radius 1 is 1.56 bits per heavy atom. The highest BCUT2D eigenvalue weighted by molar-refractivity contribution is 9.11. The van der Waals surface area contributed by atoms with Crippen LogP contribution in [0.4, 0.5) is 5.82 Å². The normalized spacial score (nSPS) is 11.6. The Bertz CT molecular complexity index is 589. The maximum atomic E-state index is 12.0. The molecular formula is C8H8BrN3O2S2. The van der Waals surface area contributed by atoms with Gasteiger partial charge in [-0.05, 0) is 28.9 Å². The largest absolute Gasteiger partial charge is 0.264 e. The number of hydrogen-bond donors (Lipinski definition) is 2. The molecular weight excluding hydrogens is 314 g/mol. The Labute approximate surface area is 105 Å². The lowest BCUT2D eigenvalue weighted by atomic mass is 10.5. The first kappa shape index (κ1) is 11.6. The van der Waals surface area contributed by atoms with Gasteiger partial charge in [0.1, 0.15) is 10.7 Å². The van der Waals surface area contributed by atoms with Gasteiger partial charge < -0.3 is 0 Å². The minimum absolute atomic E-state index is 0.277. The van der Waals surface area contributed by atoms with E-state index < -0.39 is 10.0 Å². The molecule has 16 heavy (non-hydrogen) atoms. The Morgan fingerprint density at radius 2 is 2.31 bits per heavy atom. The van der Waals surface area contributed by atoms with Crippen LogP contribution in [0, 0.1) is 6.92 Å². The molecule has 2 N–H and O–H groups in total. The van der Waals surface area contributed by atoms with Crippen molar-refractivity contribution in [2.75, 3.05) is 4.72 Å². The number of hydrogen-bond acceptors (Lipinski definition) is 4. The van der Waals surface area contributed by atoms with Gasteiger partial charge >= 0.3 is 0 Å². The van der Waals surface area contributed by atoms with Crippen molar-refractivity contribution in [3.05, 3.63) is 27.0 Å². The quantitative estimate of drug-likeness (QED) is 0.911. The predicted octanol–water partition coefficient (Wildman–Crippen LogP) is 2.34. The molecule has 0 aliphatic rings. The van der Waals surface area contributed by atoms with Gasteiger partial charge in [0, 0.05) is 10.9 Å². The molecule has 0 bridgehead atoms. The SMILES string of the molecule is Cc1sc(Br)cc1S(=O)(=O)Nc1ccn[nH]1. The Kier molecular flexibility index (Phi) is 3.04. The molecule has 0 saturated heterocycles. The van der Waals surface area contributed by atoms with E-state index in [0.717, 1.165) is 8.66 Å². The zero-order chi connectivity index (χ0) is 11.8. The summed E-state index contributed by atoms with van der Waals surface area (Å²) in [5.74, 6) is 0.349. The lowest BCUT2D eigenvalue weighted by molar-refractivity contribution is 0.601. The van der Waals surface area contributed by atoms with Crippen LogP contribution in [0.3, 0.4) is 0 Å². The van der Waals surface area contributed by atoms with Crippen LogP contribution in [0.25, 0.3) is 0 Å². The molecule has 0 aromatic carbocycles. The van der Waals surface area contributed by atoms with E-state index in [-0.39, 0.29) is 4.90 Å². The lowest BCUT2D eigenvalue weighted by Crippen LogP contribution is -2.13. The van der Waals surface area contributed by atoms with Crippen molar-refractivity contribution in [3.8, 4) is 0 Å². The number of anilines is 1. The molecule has 2 rings (SSSR count). The van der Waals surface area contributed by atoms with Crippen molar-refractivity contribution >= 4 is 43.1 Å². The second kappa shape index (κ2) is 4.19. The molecule has 86 valence electrons. The van der Waals surface area contributed by atoms with Crippen molar-refractivity contribution < 1.29 is 8.42 Å². The van der Waals surface area contributed by atoms with Crippen LogP contribution < -0.4 is 4.72 Å². The summed E-state index contributed by atoms with van der Waals surface area (Å²) in [6.45, 7) is 1.76. The van der Waals surface area contributed by atoms with Crippen LogP contribution in [0.2, 0.25) is 0 Å². The maximum absolute atomic E-state index is 12.0. The third-order valence-electron chi connectivity index (χ3n) is 1.88. The molecule has 0 unspecified atom stereocenters. The summed E-state index contributed by atoms with van der Waals surface area (Å²) >= 11 is 4.64. The average molecular weight is 322 g/mol. The fourth-order valence-corrected chi connectivity index (χ4v) is 4.64. The van der Waals surface area contributed by atoms with Crippen molar-refractivity contribution in [1.82, 2.24) is 10.2 Å². The molecule has 0 saturated carbocycles. The van der Waals surface area contributed by atoms with E-state index in [4.69, 9.17) is 0 Å². The zero-order valence-corrected chi connectivity index (χ0v) is 11.4. The van der Waals surface area contributed by atoms with E-state index in [0.29, 0.717) is 5.82 Å². The number of aromatic nitrogens is 2. The van der Waals surface area contributed by atoms with E-state index in [1.165, 1.54) is 17.5 Å². The standard InChI is InChI=1S/C8H8BrN3O2S2/c1-5-6(4-7(9)15-5)16(13,14)12-8-2-3-10-11-8/h2-4H,1H3,(H2,10,11,12). The second-order valence-corrected chi connectivity index (χ2v) is 7.33.